The Hall–Kier alpha value is -2.58. The second-order valence-corrected chi connectivity index (χ2v) is 7.04. The van der Waals surface area contributed by atoms with Crippen LogP contribution in [0.25, 0.3) is 0 Å². The number of benzene rings is 1. The van der Waals surface area contributed by atoms with E-state index in [4.69, 9.17) is 0 Å². The third-order valence-corrected chi connectivity index (χ3v) is 5.14. The number of amides is 3. The molecule has 6 nitrogen and oxygen atoms in total. The van der Waals surface area contributed by atoms with E-state index in [1.807, 2.05) is 0 Å². The average Bonchev–Trinajstić information content (AvgIpc) is 2.89. The van der Waals surface area contributed by atoms with Gasteiger partial charge in [0.1, 0.15) is 5.75 Å². The molecule has 1 N–H and O–H groups in total. The van der Waals surface area contributed by atoms with Crippen LogP contribution in [0.4, 0.5) is 13.2 Å². The first-order chi connectivity index (χ1) is 13.2. The number of imide groups is 1. The molecule has 1 aromatic carbocycles. The highest BCUT2D eigenvalue weighted by molar-refractivity contribution is 6.05. The van der Waals surface area contributed by atoms with Crippen LogP contribution >= 0.6 is 0 Å². The first kappa shape index (κ1) is 20.2. The van der Waals surface area contributed by atoms with Crippen molar-refractivity contribution in [2.75, 3.05) is 6.54 Å². The van der Waals surface area contributed by atoms with Gasteiger partial charge < -0.3 is 10.1 Å². The van der Waals surface area contributed by atoms with Crippen molar-refractivity contribution in [2.24, 2.45) is 11.8 Å². The number of nitrogens with one attached hydrogen (secondary N) is 1. The van der Waals surface area contributed by atoms with Crippen LogP contribution < -0.4 is 10.1 Å². The van der Waals surface area contributed by atoms with Gasteiger partial charge in [0, 0.05) is 19.5 Å². The van der Waals surface area contributed by atoms with E-state index in [0.29, 0.717) is 5.56 Å². The fourth-order valence-corrected chi connectivity index (χ4v) is 3.76. The maximum atomic E-state index is 12.4. The zero-order valence-electron chi connectivity index (χ0n) is 15.1. The number of nitrogens with zero attached hydrogens (tertiary/aromatic N) is 1. The summed E-state index contributed by atoms with van der Waals surface area (Å²) in [5.74, 6) is -1.50. The van der Waals surface area contributed by atoms with Crippen molar-refractivity contribution in [1.29, 1.82) is 0 Å². The highest BCUT2D eigenvalue weighted by Crippen LogP contribution is 2.37. The quantitative estimate of drug-likeness (QED) is 0.748. The molecule has 9 heteroatoms. The molecule has 0 aromatic heterocycles. The van der Waals surface area contributed by atoms with E-state index in [1.165, 1.54) is 17.0 Å². The van der Waals surface area contributed by atoms with E-state index < -0.39 is 6.36 Å². The molecule has 2 fully saturated rings. The van der Waals surface area contributed by atoms with Crippen LogP contribution in [0.15, 0.2) is 24.3 Å². The summed E-state index contributed by atoms with van der Waals surface area (Å²) in [4.78, 5) is 37.9. The first-order valence-corrected chi connectivity index (χ1v) is 9.21. The number of alkyl halides is 3. The molecular weight excluding hydrogens is 377 g/mol. The van der Waals surface area contributed by atoms with Crippen molar-refractivity contribution in [2.45, 2.75) is 45.0 Å². The predicted molar refractivity (Wildman–Crippen MR) is 91.8 cm³/mol. The summed E-state index contributed by atoms with van der Waals surface area (Å²) in [6, 6.07) is 5.16. The molecular formula is C19H21F3N2O4. The lowest BCUT2D eigenvalue weighted by Gasteiger charge is -2.19. The molecule has 1 aromatic rings. The zero-order chi connectivity index (χ0) is 20.3. The molecule has 152 valence electrons. The molecule has 0 spiro atoms. The van der Waals surface area contributed by atoms with Gasteiger partial charge >= 0.3 is 6.36 Å². The molecule has 0 bridgehead atoms. The SMILES string of the molecule is O=C(CCN1C(=O)[C@H]2CCCC[C@@H]2C1=O)NCc1ccc(OC(F)(F)F)cc1. The molecule has 1 aliphatic carbocycles. The summed E-state index contributed by atoms with van der Waals surface area (Å²) < 4.78 is 40.2. The summed E-state index contributed by atoms with van der Waals surface area (Å²) in [6.07, 6.45) is -1.41. The number of fused-ring (bicyclic) bond motifs is 1. The topological polar surface area (TPSA) is 75.7 Å². The Kier molecular flexibility index (Phi) is 5.90. The third-order valence-electron chi connectivity index (χ3n) is 5.14. The smallest absolute Gasteiger partial charge is 0.406 e. The van der Waals surface area contributed by atoms with Gasteiger partial charge in [-0.25, -0.2) is 0 Å². The number of halogens is 3. The number of carbonyl (C=O) groups excluding carboxylic acids is 3. The van der Waals surface area contributed by atoms with Crippen LogP contribution in [0.2, 0.25) is 0 Å². The molecule has 0 unspecified atom stereocenters. The van der Waals surface area contributed by atoms with Crippen LogP contribution in [-0.4, -0.2) is 35.5 Å². The van der Waals surface area contributed by atoms with Crippen LogP contribution in [0.3, 0.4) is 0 Å². The number of rotatable bonds is 6. The summed E-state index contributed by atoms with van der Waals surface area (Å²) in [7, 11) is 0. The minimum absolute atomic E-state index is 0.00775. The molecule has 1 aliphatic heterocycles. The molecule has 1 saturated carbocycles. The van der Waals surface area contributed by atoms with E-state index in [-0.39, 0.29) is 54.8 Å². The van der Waals surface area contributed by atoms with Crippen LogP contribution in [0, 0.1) is 11.8 Å². The fourth-order valence-electron chi connectivity index (χ4n) is 3.76. The molecule has 3 rings (SSSR count). The summed E-state index contributed by atoms with van der Waals surface area (Å²) in [5.41, 5.74) is 0.599. The Morgan fingerprint density at radius 3 is 2.18 bits per heavy atom. The summed E-state index contributed by atoms with van der Waals surface area (Å²) in [6.45, 7) is 0.174. The summed E-state index contributed by atoms with van der Waals surface area (Å²) in [5, 5.41) is 2.63. The maximum Gasteiger partial charge on any atom is 0.573 e. The molecule has 3 amide bonds. The third kappa shape index (κ3) is 4.82. The molecule has 0 radical (unpaired) electrons. The molecule has 1 saturated heterocycles. The van der Waals surface area contributed by atoms with Crippen molar-refractivity contribution >= 4 is 17.7 Å². The van der Waals surface area contributed by atoms with Gasteiger partial charge in [0.15, 0.2) is 0 Å². The Morgan fingerprint density at radius 2 is 1.64 bits per heavy atom. The van der Waals surface area contributed by atoms with Crippen LogP contribution in [0.5, 0.6) is 5.75 Å². The highest BCUT2D eigenvalue weighted by atomic mass is 19.4. The van der Waals surface area contributed by atoms with Crippen molar-refractivity contribution in [1.82, 2.24) is 10.2 Å². The second kappa shape index (κ2) is 8.20. The van der Waals surface area contributed by atoms with Crippen molar-refractivity contribution in [3.63, 3.8) is 0 Å². The van der Waals surface area contributed by atoms with Gasteiger partial charge in [-0.1, -0.05) is 25.0 Å². The van der Waals surface area contributed by atoms with Gasteiger partial charge in [0.25, 0.3) is 0 Å². The Balaban J connectivity index is 1.45. The van der Waals surface area contributed by atoms with Gasteiger partial charge in [-0.2, -0.15) is 0 Å². The van der Waals surface area contributed by atoms with E-state index in [0.717, 1.165) is 37.8 Å². The Labute approximate surface area is 160 Å². The van der Waals surface area contributed by atoms with E-state index >= 15 is 0 Å². The number of likely N-dealkylation sites (tertiary alicyclic amines) is 1. The molecule has 28 heavy (non-hydrogen) atoms. The monoisotopic (exact) mass is 398 g/mol. The predicted octanol–water partition coefficient (Wildman–Crippen LogP) is 2.77. The van der Waals surface area contributed by atoms with Gasteiger partial charge in [0.2, 0.25) is 17.7 Å². The lowest BCUT2D eigenvalue weighted by molar-refractivity contribution is -0.274. The van der Waals surface area contributed by atoms with E-state index in [9.17, 15) is 27.6 Å². The van der Waals surface area contributed by atoms with Gasteiger partial charge in [-0.3, -0.25) is 19.3 Å². The normalized spacial score (nSPS) is 22.2. The lowest BCUT2D eigenvalue weighted by Crippen LogP contribution is -2.35. The van der Waals surface area contributed by atoms with Gasteiger partial charge in [-0.05, 0) is 30.5 Å². The Bertz CT molecular complexity index is 725. The van der Waals surface area contributed by atoms with Gasteiger partial charge in [0.05, 0.1) is 11.8 Å². The molecule has 2 atom stereocenters. The number of ether oxygens (including phenoxy) is 1. The van der Waals surface area contributed by atoms with Crippen molar-refractivity contribution in [3.8, 4) is 5.75 Å². The first-order valence-electron chi connectivity index (χ1n) is 9.21. The van der Waals surface area contributed by atoms with Crippen LogP contribution in [0.1, 0.15) is 37.7 Å². The van der Waals surface area contributed by atoms with Gasteiger partial charge in [-0.15, -0.1) is 13.2 Å². The average molecular weight is 398 g/mol. The zero-order valence-corrected chi connectivity index (χ0v) is 15.1. The minimum Gasteiger partial charge on any atom is -0.406 e. The standard InChI is InChI=1S/C19H21F3N2O4/c20-19(21,22)28-13-7-5-12(6-8-13)11-23-16(25)9-10-24-17(26)14-3-1-2-4-15(14)18(24)27/h5-8,14-15H,1-4,9-11H2,(H,23,25)/t14-,15-/m0/s1. The lowest BCUT2D eigenvalue weighted by atomic mass is 9.81. The number of hydrogen-bond acceptors (Lipinski definition) is 4. The minimum atomic E-state index is -4.75. The highest BCUT2D eigenvalue weighted by Gasteiger charge is 2.47. The fraction of sp³-hybridized carbons (Fsp3) is 0.526. The maximum absolute atomic E-state index is 12.4. The molecule has 1 heterocycles. The number of hydrogen-bond donors (Lipinski definition) is 1. The van der Waals surface area contributed by atoms with E-state index in [2.05, 4.69) is 10.1 Å². The van der Waals surface area contributed by atoms with Crippen molar-refractivity contribution < 1.29 is 32.3 Å². The second-order valence-electron chi connectivity index (χ2n) is 7.04. The Morgan fingerprint density at radius 1 is 1.07 bits per heavy atom. The number of carbonyl (C=O) groups is 3. The van der Waals surface area contributed by atoms with E-state index in [1.54, 1.807) is 0 Å². The van der Waals surface area contributed by atoms with Crippen molar-refractivity contribution in [3.05, 3.63) is 29.8 Å². The van der Waals surface area contributed by atoms with Crippen LogP contribution in [-0.2, 0) is 20.9 Å². The molecule has 2 aliphatic rings. The largest absolute Gasteiger partial charge is 0.573 e. The summed E-state index contributed by atoms with van der Waals surface area (Å²) >= 11 is 0.